The lowest BCUT2D eigenvalue weighted by Gasteiger charge is -2.58. The molecule has 4 aliphatic rings. The van der Waals surface area contributed by atoms with Crippen LogP contribution in [0.25, 0.3) is 0 Å². The molecule has 2 bridgehead atoms. The number of fused-ring (bicyclic) bond motifs is 6. The van der Waals surface area contributed by atoms with Gasteiger partial charge in [0.05, 0.1) is 32.3 Å². The van der Waals surface area contributed by atoms with Crippen LogP contribution in [0.2, 0.25) is 0 Å². The van der Waals surface area contributed by atoms with Gasteiger partial charge in [0.25, 0.3) is 0 Å². The van der Waals surface area contributed by atoms with Gasteiger partial charge >= 0.3 is 0 Å². The van der Waals surface area contributed by atoms with Crippen LogP contribution in [0.5, 0.6) is 11.5 Å². The Hall–Kier alpha value is -3.21. The van der Waals surface area contributed by atoms with E-state index in [-0.39, 0.29) is 59.2 Å². The smallest absolute Gasteiger partial charge is 0.236 e. The van der Waals surface area contributed by atoms with Gasteiger partial charge < -0.3 is 25.6 Å². The first-order valence-corrected chi connectivity index (χ1v) is 13.0. The minimum absolute atomic E-state index is 0.0493. The Morgan fingerprint density at radius 2 is 1.92 bits per heavy atom. The number of methoxy groups -OCH3 is 2. The Bertz CT molecular complexity index is 1300. The van der Waals surface area contributed by atoms with Gasteiger partial charge in [-0.25, -0.2) is 0 Å². The van der Waals surface area contributed by atoms with Gasteiger partial charge in [0.1, 0.15) is 0 Å². The average molecular weight is 525 g/mol. The molecule has 1 saturated heterocycles. The minimum atomic E-state index is -0.713. The molecule has 0 aromatic heterocycles. The summed E-state index contributed by atoms with van der Waals surface area (Å²) in [6.45, 7) is 5.89. The molecule has 3 unspecified atom stereocenters. The third-order valence-corrected chi connectivity index (χ3v) is 8.71. The number of amides is 1. The van der Waals surface area contributed by atoms with E-state index in [4.69, 9.17) is 15.2 Å². The van der Waals surface area contributed by atoms with Crippen molar-refractivity contribution in [1.82, 2.24) is 15.1 Å². The number of carbonyl (C=O) groups is 3. The van der Waals surface area contributed by atoms with Gasteiger partial charge in [0, 0.05) is 47.5 Å². The summed E-state index contributed by atoms with van der Waals surface area (Å²) in [4.78, 5) is 44.2. The van der Waals surface area contributed by atoms with Gasteiger partial charge in [0.15, 0.2) is 23.0 Å². The number of ether oxygens (including phenoxy) is 2. The molecule has 5 rings (SSSR count). The fourth-order valence-corrected chi connectivity index (χ4v) is 6.89. The highest BCUT2D eigenvalue weighted by molar-refractivity contribution is 6.25. The van der Waals surface area contributed by atoms with Crippen LogP contribution < -0.4 is 15.8 Å². The van der Waals surface area contributed by atoms with E-state index in [1.54, 1.807) is 21.0 Å². The number of nitrogens with zero attached hydrogens (tertiary/aromatic N) is 2. The van der Waals surface area contributed by atoms with E-state index in [1.807, 2.05) is 14.0 Å². The molecule has 10 heteroatoms. The first-order chi connectivity index (χ1) is 18.0. The maximum absolute atomic E-state index is 13.7. The van der Waals surface area contributed by atoms with Crippen LogP contribution in [0.3, 0.4) is 0 Å². The van der Waals surface area contributed by atoms with Gasteiger partial charge in [-0.2, -0.15) is 0 Å². The highest BCUT2D eigenvalue weighted by Gasteiger charge is 2.54. The van der Waals surface area contributed by atoms with Gasteiger partial charge in [-0.15, -0.1) is 0 Å². The predicted molar refractivity (Wildman–Crippen MR) is 140 cm³/mol. The molecule has 5 atom stereocenters. The van der Waals surface area contributed by atoms with Crippen LogP contribution >= 0.6 is 0 Å². The first-order valence-electron chi connectivity index (χ1n) is 13.0. The summed E-state index contributed by atoms with van der Waals surface area (Å²) in [6.07, 6.45) is 1.05. The van der Waals surface area contributed by atoms with Gasteiger partial charge in [0.2, 0.25) is 11.7 Å². The first kappa shape index (κ1) is 26.4. The van der Waals surface area contributed by atoms with Crippen LogP contribution in [0.4, 0.5) is 0 Å². The zero-order valence-corrected chi connectivity index (χ0v) is 22.8. The van der Waals surface area contributed by atoms with Crippen molar-refractivity contribution in [3.8, 4) is 11.5 Å². The number of aryl methyl sites for hydroxylation is 1. The Balaban J connectivity index is 1.65. The summed E-state index contributed by atoms with van der Waals surface area (Å²) in [6, 6.07) is 0.461. The number of nitrogens with two attached hydrogens (primary N) is 1. The second kappa shape index (κ2) is 9.52. The number of nitrogens with one attached hydrogen (secondary N) is 1. The maximum Gasteiger partial charge on any atom is 0.236 e. The quantitative estimate of drug-likeness (QED) is 0.480. The number of benzene rings is 1. The lowest BCUT2D eigenvalue weighted by molar-refractivity contribution is -0.124. The average Bonchev–Trinajstić information content (AvgIpc) is 2.86. The van der Waals surface area contributed by atoms with Gasteiger partial charge in [-0.1, -0.05) is 6.07 Å². The number of ketones is 2. The molecular formula is C28H36N4O6. The summed E-state index contributed by atoms with van der Waals surface area (Å²) >= 11 is 0. The number of Topliss-reactive ketones (excluding diaryl/α,β-unsaturated/α-hetero) is 2. The Labute approximate surface area is 222 Å². The molecule has 1 aliphatic carbocycles. The highest BCUT2D eigenvalue weighted by Crippen LogP contribution is 2.52. The van der Waals surface area contributed by atoms with Crippen LogP contribution in [-0.2, 0) is 25.5 Å². The topological polar surface area (TPSA) is 134 Å². The van der Waals surface area contributed by atoms with E-state index < -0.39 is 12.1 Å². The number of hydrogen-bond donors (Lipinski definition) is 3. The molecule has 0 radical (unpaired) electrons. The lowest BCUT2D eigenvalue weighted by Crippen LogP contribution is -2.67. The van der Waals surface area contributed by atoms with Crippen LogP contribution in [0.15, 0.2) is 28.5 Å². The molecule has 3 aliphatic heterocycles. The maximum atomic E-state index is 13.7. The summed E-state index contributed by atoms with van der Waals surface area (Å²) < 4.78 is 10.9. The molecule has 1 fully saturated rings. The summed E-state index contributed by atoms with van der Waals surface area (Å²) in [5, 5.41) is 14.3. The second-order valence-corrected chi connectivity index (χ2v) is 10.8. The Morgan fingerprint density at radius 1 is 1.21 bits per heavy atom. The van der Waals surface area contributed by atoms with Crippen LogP contribution in [-0.4, -0.2) is 90.9 Å². The molecule has 1 aromatic carbocycles. The fourth-order valence-electron chi connectivity index (χ4n) is 6.89. The van der Waals surface area contributed by atoms with Crippen molar-refractivity contribution in [2.75, 3.05) is 34.4 Å². The zero-order chi connectivity index (χ0) is 27.6. The largest absolute Gasteiger partial charge is 0.504 e. The van der Waals surface area contributed by atoms with Crippen molar-refractivity contribution in [3.05, 3.63) is 45.2 Å². The number of carbonyl (C=O) groups excluding carboxylic acids is 3. The lowest BCUT2D eigenvalue weighted by atomic mass is 9.71. The molecule has 0 saturated carbocycles. The molecular weight excluding hydrogens is 488 g/mol. The number of rotatable bonds is 5. The van der Waals surface area contributed by atoms with Crippen molar-refractivity contribution in [2.24, 2.45) is 5.73 Å². The van der Waals surface area contributed by atoms with Crippen molar-refractivity contribution >= 4 is 17.5 Å². The van der Waals surface area contributed by atoms with Crippen molar-refractivity contribution in [3.63, 3.8) is 0 Å². The number of aromatic hydroxyl groups is 1. The number of hydrogen-bond acceptors (Lipinski definition) is 9. The fraction of sp³-hybridized carbons (Fsp3) is 0.536. The minimum Gasteiger partial charge on any atom is -0.504 e. The van der Waals surface area contributed by atoms with E-state index in [9.17, 15) is 19.5 Å². The molecule has 4 N–H and O–H groups in total. The molecule has 204 valence electrons. The number of phenolic OH excluding ortho intramolecular Hbond substituents is 1. The monoisotopic (exact) mass is 524 g/mol. The molecule has 38 heavy (non-hydrogen) atoms. The number of phenols is 1. The molecule has 3 heterocycles. The Kier molecular flexibility index (Phi) is 6.61. The molecule has 10 nitrogen and oxygen atoms in total. The second-order valence-electron chi connectivity index (χ2n) is 10.8. The third kappa shape index (κ3) is 3.77. The van der Waals surface area contributed by atoms with Crippen LogP contribution in [0, 0.1) is 6.92 Å². The van der Waals surface area contributed by atoms with Gasteiger partial charge in [-0.05, 0) is 51.8 Å². The van der Waals surface area contributed by atoms with E-state index in [0.717, 1.165) is 16.7 Å². The summed E-state index contributed by atoms with van der Waals surface area (Å²) in [5.74, 6) is -0.260. The summed E-state index contributed by atoms with van der Waals surface area (Å²) in [7, 11) is 4.98. The van der Waals surface area contributed by atoms with Crippen molar-refractivity contribution in [1.29, 1.82) is 0 Å². The van der Waals surface area contributed by atoms with Crippen molar-refractivity contribution in [2.45, 2.75) is 63.8 Å². The third-order valence-electron chi connectivity index (χ3n) is 8.71. The van der Waals surface area contributed by atoms with E-state index in [1.165, 1.54) is 7.11 Å². The van der Waals surface area contributed by atoms with E-state index in [2.05, 4.69) is 21.2 Å². The number of allylic oxidation sites excluding steroid dienone is 2. The normalized spacial score (nSPS) is 28.0. The summed E-state index contributed by atoms with van der Waals surface area (Å²) in [5.41, 5.74) is 9.65. The number of piperazine rings is 1. The Morgan fingerprint density at radius 3 is 2.55 bits per heavy atom. The van der Waals surface area contributed by atoms with Crippen LogP contribution in [0.1, 0.15) is 43.0 Å². The molecule has 0 spiro atoms. The van der Waals surface area contributed by atoms with Gasteiger partial charge in [-0.3, -0.25) is 24.2 Å². The van der Waals surface area contributed by atoms with Crippen molar-refractivity contribution < 1.29 is 29.0 Å². The molecule has 1 aromatic rings. The zero-order valence-electron chi connectivity index (χ0n) is 22.8. The van der Waals surface area contributed by atoms with E-state index in [0.29, 0.717) is 36.3 Å². The highest BCUT2D eigenvalue weighted by atomic mass is 16.5. The standard InChI is InChI=1S/C28H36N4O6/c1-12-7-15-8-16-11-32-18(22(31(16)4)20(15)24(34)26(12)37-5)9-17-21(19(32)10-30-28(36)14(3)29)25(35)27(38-6)13(2)23(17)33/h7,14,16,18-19,22,34H,8-11,29H2,1-6H3,(H,30,36)/t14?,16?,18-,19-,22?/m0/s1. The predicted octanol–water partition coefficient (Wildman–Crippen LogP) is 0.896. The SMILES string of the molecule is COC1=C(C)C(=O)C2=C(C1=O)[C@H](CNC(=O)C(C)N)N1CC3Cc4cc(C)c(OC)c(O)c4C([C@@H]1C2)N3C. The number of likely N-dealkylation sites (N-methyl/N-ethyl adjacent to an activating group) is 1. The van der Waals surface area contributed by atoms with E-state index >= 15 is 0 Å². The molecule has 1 amide bonds.